The van der Waals surface area contributed by atoms with E-state index in [1.54, 1.807) is 30.3 Å². The average Bonchev–Trinajstić information content (AvgIpc) is 3.05. The third kappa shape index (κ3) is 4.78. The Bertz CT molecular complexity index is 942. The first kappa shape index (κ1) is 19.2. The summed E-state index contributed by atoms with van der Waals surface area (Å²) in [5.74, 6) is 0.622. The summed E-state index contributed by atoms with van der Waals surface area (Å²) in [6.45, 7) is 6.20. The zero-order valence-electron chi connectivity index (χ0n) is 14.8. The van der Waals surface area contributed by atoms with Crippen LogP contribution in [-0.2, 0) is 11.3 Å². The summed E-state index contributed by atoms with van der Waals surface area (Å²) >= 11 is 7.32. The first-order valence-corrected chi connectivity index (χ1v) is 9.67. The molecule has 0 unspecified atom stereocenters. The molecule has 3 rings (SSSR count). The van der Waals surface area contributed by atoms with Crippen LogP contribution in [0.4, 0.5) is 5.69 Å². The molecular formula is C20H19ClN4OS. The molecule has 1 amide bonds. The van der Waals surface area contributed by atoms with Gasteiger partial charge in [0.15, 0.2) is 11.0 Å². The lowest BCUT2D eigenvalue weighted by Crippen LogP contribution is -2.23. The number of nitrogens with zero attached hydrogens (tertiary/aromatic N) is 3. The molecule has 0 bridgehead atoms. The average molecular weight is 399 g/mol. The van der Waals surface area contributed by atoms with Crippen molar-refractivity contribution in [2.45, 2.75) is 23.9 Å². The molecule has 1 aromatic heterocycles. The van der Waals surface area contributed by atoms with Crippen molar-refractivity contribution in [1.82, 2.24) is 14.8 Å². The molecule has 138 valence electrons. The molecule has 1 atom stereocenters. The van der Waals surface area contributed by atoms with E-state index in [1.165, 1.54) is 11.8 Å². The molecule has 1 heterocycles. The van der Waals surface area contributed by atoms with E-state index < -0.39 is 0 Å². The third-order valence-corrected chi connectivity index (χ3v) is 5.12. The van der Waals surface area contributed by atoms with Crippen LogP contribution >= 0.6 is 23.4 Å². The van der Waals surface area contributed by atoms with E-state index in [9.17, 15) is 4.79 Å². The van der Waals surface area contributed by atoms with Crippen molar-refractivity contribution in [2.75, 3.05) is 5.32 Å². The minimum atomic E-state index is -0.361. The number of carbonyl (C=O) groups excluding carboxylic acids is 1. The van der Waals surface area contributed by atoms with E-state index in [1.807, 2.05) is 41.8 Å². The van der Waals surface area contributed by atoms with E-state index in [0.29, 0.717) is 22.4 Å². The van der Waals surface area contributed by atoms with E-state index in [-0.39, 0.29) is 11.2 Å². The smallest absolute Gasteiger partial charge is 0.237 e. The lowest BCUT2D eigenvalue weighted by molar-refractivity contribution is -0.115. The SMILES string of the molecule is C=CCn1c(S[C@H](C)C(=O)Nc2cccc(Cl)c2)nnc1-c1ccccc1. The Morgan fingerprint density at radius 1 is 1.26 bits per heavy atom. The van der Waals surface area contributed by atoms with Crippen molar-refractivity contribution in [3.8, 4) is 11.4 Å². The van der Waals surface area contributed by atoms with Gasteiger partial charge in [-0.15, -0.1) is 16.8 Å². The highest BCUT2D eigenvalue weighted by Gasteiger charge is 2.20. The lowest BCUT2D eigenvalue weighted by Gasteiger charge is -2.13. The number of nitrogens with one attached hydrogen (secondary N) is 1. The van der Waals surface area contributed by atoms with Crippen molar-refractivity contribution in [1.29, 1.82) is 0 Å². The number of amides is 1. The maximum atomic E-state index is 12.5. The Labute approximate surface area is 167 Å². The fourth-order valence-electron chi connectivity index (χ4n) is 2.49. The molecule has 27 heavy (non-hydrogen) atoms. The van der Waals surface area contributed by atoms with Gasteiger partial charge in [0.05, 0.1) is 5.25 Å². The monoisotopic (exact) mass is 398 g/mol. The zero-order chi connectivity index (χ0) is 19.2. The highest BCUT2D eigenvalue weighted by molar-refractivity contribution is 8.00. The summed E-state index contributed by atoms with van der Waals surface area (Å²) in [6.07, 6.45) is 1.79. The van der Waals surface area contributed by atoms with Gasteiger partial charge in [-0.05, 0) is 25.1 Å². The first-order valence-electron chi connectivity index (χ1n) is 8.41. The summed E-state index contributed by atoms with van der Waals surface area (Å²) < 4.78 is 1.95. The quantitative estimate of drug-likeness (QED) is 0.454. The number of hydrogen-bond donors (Lipinski definition) is 1. The Hall–Kier alpha value is -2.57. The maximum Gasteiger partial charge on any atom is 0.237 e. The molecule has 0 spiro atoms. The largest absolute Gasteiger partial charge is 0.325 e. The molecule has 7 heteroatoms. The van der Waals surface area contributed by atoms with Gasteiger partial charge in [-0.3, -0.25) is 9.36 Å². The van der Waals surface area contributed by atoms with E-state index >= 15 is 0 Å². The predicted octanol–water partition coefficient (Wildman–Crippen LogP) is 4.90. The molecule has 5 nitrogen and oxygen atoms in total. The minimum absolute atomic E-state index is 0.128. The number of carbonyl (C=O) groups is 1. The van der Waals surface area contributed by atoms with Crippen molar-refractivity contribution < 1.29 is 4.79 Å². The normalized spacial score (nSPS) is 11.8. The highest BCUT2D eigenvalue weighted by atomic mass is 35.5. The van der Waals surface area contributed by atoms with Crippen LogP contribution in [0.3, 0.4) is 0 Å². The first-order chi connectivity index (χ1) is 13.1. The molecule has 0 aliphatic carbocycles. The number of allylic oxidation sites excluding steroid dienone is 1. The molecule has 0 saturated carbocycles. The van der Waals surface area contributed by atoms with Crippen LogP contribution in [0.2, 0.25) is 5.02 Å². The van der Waals surface area contributed by atoms with Gasteiger partial charge < -0.3 is 5.32 Å². The number of halogens is 1. The van der Waals surface area contributed by atoms with Crippen LogP contribution in [-0.4, -0.2) is 25.9 Å². The summed E-state index contributed by atoms with van der Waals surface area (Å²) in [5.41, 5.74) is 1.63. The van der Waals surface area contributed by atoms with Gasteiger partial charge in [-0.1, -0.05) is 65.8 Å². The fraction of sp³-hybridized carbons (Fsp3) is 0.150. The lowest BCUT2D eigenvalue weighted by atomic mass is 10.2. The second-order valence-corrected chi connectivity index (χ2v) is 7.58. The van der Waals surface area contributed by atoms with Gasteiger partial charge in [-0.2, -0.15) is 0 Å². The van der Waals surface area contributed by atoms with Crippen LogP contribution in [0, 0.1) is 0 Å². The molecule has 0 radical (unpaired) electrons. The molecule has 2 aromatic carbocycles. The van der Waals surface area contributed by atoms with Gasteiger partial charge in [0, 0.05) is 22.8 Å². The van der Waals surface area contributed by atoms with Crippen LogP contribution < -0.4 is 5.32 Å². The standard InChI is InChI=1S/C20H19ClN4OS/c1-3-12-25-18(15-8-5-4-6-9-15)23-24-20(25)27-14(2)19(26)22-17-11-7-10-16(21)13-17/h3-11,13-14H,1,12H2,2H3,(H,22,26)/t14-/m1/s1. The van der Waals surface area contributed by atoms with Gasteiger partial charge in [0.2, 0.25) is 5.91 Å². The fourth-order valence-corrected chi connectivity index (χ4v) is 3.54. The summed E-state index contributed by atoms with van der Waals surface area (Å²) in [7, 11) is 0. The Morgan fingerprint density at radius 2 is 2.04 bits per heavy atom. The van der Waals surface area contributed by atoms with E-state index in [0.717, 1.165) is 11.4 Å². The third-order valence-electron chi connectivity index (χ3n) is 3.80. The number of aromatic nitrogens is 3. The highest BCUT2D eigenvalue weighted by Crippen LogP contribution is 2.27. The summed E-state index contributed by atoms with van der Waals surface area (Å²) in [6, 6.07) is 16.9. The Balaban J connectivity index is 1.77. The van der Waals surface area contributed by atoms with Gasteiger partial charge in [0.1, 0.15) is 0 Å². The molecular weight excluding hydrogens is 380 g/mol. The van der Waals surface area contributed by atoms with E-state index in [4.69, 9.17) is 11.6 Å². The van der Waals surface area contributed by atoms with Gasteiger partial charge >= 0.3 is 0 Å². The zero-order valence-corrected chi connectivity index (χ0v) is 16.4. The summed E-state index contributed by atoms with van der Waals surface area (Å²) in [5, 5.41) is 12.3. The molecule has 3 aromatic rings. The topological polar surface area (TPSA) is 59.8 Å². The van der Waals surface area contributed by atoms with Crippen LogP contribution in [0.1, 0.15) is 6.92 Å². The number of benzene rings is 2. The Kier molecular flexibility index (Phi) is 6.32. The minimum Gasteiger partial charge on any atom is -0.325 e. The second kappa shape index (κ2) is 8.88. The van der Waals surface area contributed by atoms with Crippen molar-refractivity contribution in [3.63, 3.8) is 0 Å². The van der Waals surface area contributed by atoms with Crippen LogP contribution in [0.25, 0.3) is 11.4 Å². The van der Waals surface area contributed by atoms with Crippen molar-refractivity contribution in [3.05, 3.63) is 72.3 Å². The molecule has 0 fully saturated rings. The number of thioether (sulfide) groups is 1. The van der Waals surface area contributed by atoms with Gasteiger partial charge in [-0.25, -0.2) is 0 Å². The number of anilines is 1. The summed E-state index contributed by atoms with van der Waals surface area (Å²) in [4.78, 5) is 12.5. The van der Waals surface area contributed by atoms with Gasteiger partial charge in [0.25, 0.3) is 0 Å². The predicted molar refractivity (Wildman–Crippen MR) is 111 cm³/mol. The van der Waals surface area contributed by atoms with Crippen molar-refractivity contribution >= 4 is 35.0 Å². The molecule has 0 aliphatic heterocycles. The molecule has 0 aliphatic rings. The van der Waals surface area contributed by atoms with Crippen LogP contribution in [0.5, 0.6) is 0 Å². The molecule has 0 saturated heterocycles. The van der Waals surface area contributed by atoms with Crippen LogP contribution in [0.15, 0.2) is 72.4 Å². The number of hydrogen-bond acceptors (Lipinski definition) is 4. The Morgan fingerprint density at radius 3 is 2.74 bits per heavy atom. The van der Waals surface area contributed by atoms with E-state index in [2.05, 4.69) is 22.1 Å². The number of rotatable bonds is 7. The van der Waals surface area contributed by atoms with Crippen molar-refractivity contribution in [2.24, 2.45) is 0 Å². The maximum absolute atomic E-state index is 12.5. The second-order valence-electron chi connectivity index (χ2n) is 5.83. The molecule has 1 N–H and O–H groups in total.